The molecule has 0 fully saturated rings. The predicted molar refractivity (Wildman–Crippen MR) is 65.7 cm³/mol. The lowest BCUT2D eigenvalue weighted by Gasteiger charge is -2.12. The van der Waals surface area contributed by atoms with Crippen LogP contribution in [0.2, 0.25) is 0 Å². The maximum Gasteiger partial charge on any atom is 0.165 e. The number of ketones is 1. The molecule has 2 heteroatoms. The minimum absolute atomic E-state index is 0.162. The summed E-state index contributed by atoms with van der Waals surface area (Å²) in [6, 6.07) is 6.24. The van der Waals surface area contributed by atoms with Gasteiger partial charge in [-0.15, -0.1) is 0 Å². The molecule has 0 aromatic heterocycles. The number of aryl methyl sites for hydroxylation is 2. The molecule has 1 aromatic carbocycles. The van der Waals surface area contributed by atoms with E-state index >= 15 is 0 Å². The lowest BCUT2D eigenvalue weighted by Crippen LogP contribution is -2.23. The molecule has 88 valence electrons. The minimum atomic E-state index is -0.263. The Hall–Kier alpha value is -1.15. The van der Waals surface area contributed by atoms with Gasteiger partial charge in [0.15, 0.2) is 5.78 Å². The van der Waals surface area contributed by atoms with E-state index in [1.165, 1.54) is 11.1 Å². The summed E-state index contributed by atoms with van der Waals surface area (Å²) in [6.07, 6.45) is 0.940. The number of carbonyl (C=O) groups is 1. The fraction of sp³-hybridized carbons (Fsp3) is 0.500. The predicted octanol–water partition coefficient (Wildman–Crippen LogP) is 2.84. The summed E-state index contributed by atoms with van der Waals surface area (Å²) in [6.45, 7) is 6.07. The van der Waals surface area contributed by atoms with Crippen LogP contribution in [0.3, 0.4) is 0 Å². The molecule has 0 saturated heterocycles. The number of carbonyl (C=O) groups excluding carboxylic acids is 1. The zero-order valence-electron chi connectivity index (χ0n) is 10.5. The van der Waals surface area contributed by atoms with E-state index < -0.39 is 0 Å². The van der Waals surface area contributed by atoms with Gasteiger partial charge in [-0.25, -0.2) is 0 Å². The van der Waals surface area contributed by atoms with Gasteiger partial charge in [0.05, 0.1) is 0 Å². The van der Waals surface area contributed by atoms with Crippen LogP contribution in [-0.2, 0) is 16.0 Å². The molecule has 0 aliphatic heterocycles. The fourth-order valence-corrected chi connectivity index (χ4v) is 2.01. The molecular weight excluding hydrogens is 200 g/mol. The first-order valence-electron chi connectivity index (χ1n) is 5.69. The molecular formula is C14H20O2. The van der Waals surface area contributed by atoms with Crippen molar-refractivity contribution in [1.29, 1.82) is 0 Å². The van der Waals surface area contributed by atoms with Gasteiger partial charge >= 0.3 is 0 Å². The van der Waals surface area contributed by atoms with Crippen molar-refractivity contribution in [2.45, 2.75) is 39.7 Å². The van der Waals surface area contributed by atoms with Crippen LogP contribution in [0.4, 0.5) is 0 Å². The van der Waals surface area contributed by atoms with E-state index in [0.717, 1.165) is 12.0 Å². The van der Waals surface area contributed by atoms with Crippen molar-refractivity contribution >= 4 is 5.78 Å². The summed E-state index contributed by atoms with van der Waals surface area (Å²) in [5, 5.41) is 0. The van der Waals surface area contributed by atoms with Gasteiger partial charge in [0.25, 0.3) is 0 Å². The molecule has 1 aromatic rings. The third kappa shape index (κ3) is 3.46. The molecule has 0 N–H and O–H groups in total. The summed E-state index contributed by atoms with van der Waals surface area (Å²) in [4.78, 5) is 11.9. The van der Waals surface area contributed by atoms with Crippen molar-refractivity contribution in [3.63, 3.8) is 0 Å². The summed E-state index contributed by atoms with van der Waals surface area (Å²) in [7, 11) is 1.59. The summed E-state index contributed by atoms with van der Waals surface area (Å²) in [5.41, 5.74) is 3.49. The second-order valence-corrected chi connectivity index (χ2v) is 4.27. The highest BCUT2D eigenvalue weighted by atomic mass is 16.5. The Morgan fingerprint density at radius 1 is 1.25 bits per heavy atom. The van der Waals surface area contributed by atoms with Crippen molar-refractivity contribution < 1.29 is 9.53 Å². The number of rotatable bonds is 5. The van der Waals surface area contributed by atoms with Crippen LogP contribution in [0.1, 0.15) is 30.0 Å². The highest BCUT2D eigenvalue weighted by molar-refractivity contribution is 5.85. The van der Waals surface area contributed by atoms with Crippen molar-refractivity contribution in [3.8, 4) is 0 Å². The quantitative estimate of drug-likeness (QED) is 0.762. The van der Waals surface area contributed by atoms with Gasteiger partial charge in [-0.1, -0.05) is 36.2 Å². The van der Waals surface area contributed by atoms with Gasteiger partial charge in [-0.2, -0.15) is 0 Å². The molecule has 0 aliphatic carbocycles. The van der Waals surface area contributed by atoms with E-state index in [9.17, 15) is 4.79 Å². The highest BCUT2D eigenvalue weighted by Crippen LogP contribution is 2.11. The largest absolute Gasteiger partial charge is 0.374 e. The Morgan fingerprint density at radius 3 is 2.25 bits per heavy atom. The monoisotopic (exact) mass is 220 g/mol. The smallest absolute Gasteiger partial charge is 0.165 e. The zero-order valence-corrected chi connectivity index (χ0v) is 10.5. The normalized spacial score (nSPS) is 12.5. The first-order valence-corrected chi connectivity index (χ1v) is 5.69. The van der Waals surface area contributed by atoms with Gasteiger partial charge in [-0.3, -0.25) is 4.79 Å². The molecule has 0 heterocycles. The molecule has 0 spiro atoms. The Bertz CT molecular complexity index is 345. The third-order valence-electron chi connectivity index (χ3n) is 2.67. The maximum absolute atomic E-state index is 11.9. The van der Waals surface area contributed by atoms with Crippen LogP contribution in [0.15, 0.2) is 18.2 Å². The topological polar surface area (TPSA) is 26.3 Å². The van der Waals surface area contributed by atoms with Gasteiger partial charge in [0.2, 0.25) is 0 Å². The van der Waals surface area contributed by atoms with Crippen molar-refractivity contribution in [1.82, 2.24) is 0 Å². The van der Waals surface area contributed by atoms with Crippen LogP contribution < -0.4 is 0 Å². The van der Waals surface area contributed by atoms with E-state index in [1.807, 2.05) is 6.92 Å². The lowest BCUT2D eigenvalue weighted by atomic mass is 10.0. The molecule has 0 saturated carbocycles. The van der Waals surface area contributed by atoms with Gasteiger partial charge in [0.1, 0.15) is 6.10 Å². The molecule has 0 amide bonds. The van der Waals surface area contributed by atoms with Crippen molar-refractivity contribution in [2.24, 2.45) is 0 Å². The van der Waals surface area contributed by atoms with Crippen LogP contribution in [0, 0.1) is 13.8 Å². The Morgan fingerprint density at radius 2 is 1.81 bits per heavy atom. The molecule has 1 rings (SSSR count). The first kappa shape index (κ1) is 12.9. The van der Waals surface area contributed by atoms with Crippen molar-refractivity contribution in [2.75, 3.05) is 7.11 Å². The zero-order chi connectivity index (χ0) is 12.1. The number of benzene rings is 1. The van der Waals surface area contributed by atoms with Crippen molar-refractivity contribution in [3.05, 3.63) is 34.9 Å². The summed E-state index contributed by atoms with van der Waals surface area (Å²) in [5.74, 6) is 0.162. The first-order chi connectivity index (χ1) is 7.56. The highest BCUT2D eigenvalue weighted by Gasteiger charge is 2.15. The fourth-order valence-electron chi connectivity index (χ4n) is 2.01. The minimum Gasteiger partial charge on any atom is -0.374 e. The molecule has 1 unspecified atom stereocenters. The Kier molecular flexibility index (Phi) is 4.69. The average molecular weight is 220 g/mol. The van der Waals surface area contributed by atoms with Gasteiger partial charge < -0.3 is 4.74 Å². The number of Topliss-reactive ketones (excluding diaryl/α,β-unsaturated/α-hetero) is 1. The summed E-state index contributed by atoms with van der Waals surface area (Å²) >= 11 is 0. The molecule has 0 bridgehead atoms. The van der Waals surface area contributed by atoms with Crippen LogP contribution in [-0.4, -0.2) is 19.0 Å². The third-order valence-corrected chi connectivity index (χ3v) is 2.67. The maximum atomic E-state index is 11.9. The second kappa shape index (κ2) is 5.80. The second-order valence-electron chi connectivity index (χ2n) is 4.27. The number of ether oxygens (including phenoxy) is 1. The number of hydrogen-bond acceptors (Lipinski definition) is 2. The Labute approximate surface area is 97.6 Å². The van der Waals surface area contributed by atoms with Crippen LogP contribution >= 0.6 is 0 Å². The van der Waals surface area contributed by atoms with E-state index in [4.69, 9.17) is 4.74 Å². The molecule has 2 nitrogen and oxygen atoms in total. The van der Waals surface area contributed by atoms with Gasteiger partial charge in [0, 0.05) is 13.5 Å². The molecule has 0 radical (unpaired) electrons. The lowest BCUT2D eigenvalue weighted by molar-refractivity contribution is -0.128. The van der Waals surface area contributed by atoms with Gasteiger partial charge in [-0.05, 0) is 25.8 Å². The van der Waals surface area contributed by atoms with Crippen LogP contribution in [0.5, 0.6) is 0 Å². The van der Waals surface area contributed by atoms with E-state index in [1.54, 1.807) is 7.11 Å². The number of methoxy groups -OCH3 is 1. The molecule has 0 aliphatic rings. The van der Waals surface area contributed by atoms with E-state index in [-0.39, 0.29) is 11.9 Å². The Balaban J connectivity index is 2.76. The van der Waals surface area contributed by atoms with Crippen LogP contribution in [0.25, 0.3) is 0 Å². The standard InChI is InChI=1S/C14H20O2/c1-5-14(16-4)13(15)9-12-7-10(2)6-11(3)8-12/h6-8,14H,5,9H2,1-4H3. The average Bonchev–Trinajstić information content (AvgIpc) is 2.17. The molecule has 16 heavy (non-hydrogen) atoms. The summed E-state index contributed by atoms with van der Waals surface area (Å²) < 4.78 is 5.14. The SMILES string of the molecule is CCC(OC)C(=O)Cc1cc(C)cc(C)c1. The molecule has 1 atom stereocenters. The van der Waals surface area contributed by atoms with E-state index in [2.05, 4.69) is 32.0 Å². The van der Waals surface area contributed by atoms with E-state index in [0.29, 0.717) is 6.42 Å². The number of hydrogen-bond donors (Lipinski definition) is 0.